The first-order chi connectivity index (χ1) is 15.6. The molecule has 2 N–H and O–H groups in total. The molecule has 0 radical (unpaired) electrons. The molecular formula is C27H33N3O2. The van der Waals surface area contributed by atoms with Crippen LogP contribution in [0.25, 0.3) is 0 Å². The minimum atomic E-state index is -1.49. The van der Waals surface area contributed by atoms with Crippen molar-refractivity contribution in [2.24, 2.45) is 5.92 Å². The van der Waals surface area contributed by atoms with E-state index >= 15 is 0 Å². The average molecular weight is 432 g/mol. The zero-order chi connectivity index (χ0) is 22.4. The standard InChI is InChI=1S/C27H33N3O2/c1-21-12-14-24(15-13-21)27(32,23-10-6-3-7-11-23)26(31)28-17-16-25-19-30(20-29-25)18-22-8-4-2-5-9-22/h2,4-5,8-9,12-15,19-20,23,32H,3,6-7,10-11,16-18H2,1H3,(H,28,31). The number of carbonyl (C=O) groups is 1. The Kier molecular flexibility index (Phi) is 7.05. The molecular weight excluding hydrogens is 398 g/mol. The third-order valence-electron chi connectivity index (χ3n) is 6.60. The van der Waals surface area contributed by atoms with Crippen LogP contribution in [0.1, 0.15) is 54.5 Å². The highest BCUT2D eigenvalue weighted by molar-refractivity contribution is 5.86. The Balaban J connectivity index is 1.40. The highest BCUT2D eigenvalue weighted by Crippen LogP contribution is 2.39. The van der Waals surface area contributed by atoms with Gasteiger partial charge in [-0.3, -0.25) is 4.79 Å². The maximum absolute atomic E-state index is 13.3. The Hall–Kier alpha value is -2.92. The molecule has 5 nitrogen and oxygen atoms in total. The third-order valence-corrected chi connectivity index (χ3v) is 6.60. The Morgan fingerprint density at radius 1 is 1.09 bits per heavy atom. The maximum atomic E-state index is 13.3. The molecule has 0 bridgehead atoms. The topological polar surface area (TPSA) is 67.2 Å². The second-order valence-electron chi connectivity index (χ2n) is 9.00. The van der Waals surface area contributed by atoms with Gasteiger partial charge in [0.2, 0.25) is 0 Å². The summed E-state index contributed by atoms with van der Waals surface area (Å²) in [5.74, 6) is -0.346. The predicted molar refractivity (Wildman–Crippen MR) is 126 cm³/mol. The zero-order valence-electron chi connectivity index (χ0n) is 18.8. The first-order valence-corrected chi connectivity index (χ1v) is 11.7. The Morgan fingerprint density at radius 2 is 1.81 bits per heavy atom. The van der Waals surface area contributed by atoms with Gasteiger partial charge in [-0.1, -0.05) is 79.4 Å². The maximum Gasteiger partial charge on any atom is 0.256 e. The number of aryl methyl sites for hydroxylation is 1. The van der Waals surface area contributed by atoms with Gasteiger partial charge in [-0.15, -0.1) is 0 Å². The van der Waals surface area contributed by atoms with Gasteiger partial charge in [-0.25, -0.2) is 4.98 Å². The molecule has 1 saturated carbocycles. The molecule has 0 saturated heterocycles. The summed E-state index contributed by atoms with van der Waals surface area (Å²) in [6.45, 7) is 3.23. The van der Waals surface area contributed by atoms with Crippen LogP contribution in [-0.4, -0.2) is 27.1 Å². The summed E-state index contributed by atoms with van der Waals surface area (Å²) in [5.41, 5.74) is 2.48. The quantitative estimate of drug-likeness (QED) is 0.557. The number of hydrogen-bond acceptors (Lipinski definition) is 3. The normalized spacial score (nSPS) is 16.4. The van der Waals surface area contributed by atoms with Gasteiger partial charge in [0.15, 0.2) is 5.60 Å². The molecule has 1 aromatic heterocycles. The number of carbonyl (C=O) groups excluding carboxylic acids is 1. The van der Waals surface area contributed by atoms with E-state index in [0.29, 0.717) is 18.5 Å². The van der Waals surface area contributed by atoms with Crippen LogP contribution in [0, 0.1) is 12.8 Å². The number of benzene rings is 2. The van der Waals surface area contributed by atoms with Crippen LogP contribution in [0.4, 0.5) is 0 Å². The zero-order valence-corrected chi connectivity index (χ0v) is 18.8. The summed E-state index contributed by atoms with van der Waals surface area (Å²) in [6.07, 6.45) is 9.52. The Labute approximate surface area is 190 Å². The molecule has 0 aliphatic heterocycles. The lowest BCUT2D eigenvalue weighted by Crippen LogP contribution is -2.50. The molecule has 3 aromatic rings. The molecule has 1 unspecified atom stereocenters. The fraction of sp³-hybridized carbons (Fsp3) is 0.407. The highest BCUT2D eigenvalue weighted by Gasteiger charge is 2.45. The van der Waals surface area contributed by atoms with Crippen LogP contribution < -0.4 is 5.32 Å². The molecule has 1 aliphatic rings. The summed E-state index contributed by atoms with van der Waals surface area (Å²) in [4.78, 5) is 17.8. The number of rotatable bonds is 8. The number of aliphatic hydroxyl groups is 1. The SMILES string of the molecule is Cc1ccc(C(O)(C(=O)NCCc2cn(Cc3ccccc3)cn2)C2CCCCC2)cc1. The summed E-state index contributed by atoms with van der Waals surface area (Å²) >= 11 is 0. The smallest absolute Gasteiger partial charge is 0.256 e. The van der Waals surface area contributed by atoms with E-state index in [-0.39, 0.29) is 11.8 Å². The van der Waals surface area contributed by atoms with Crippen molar-refractivity contribution in [1.82, 2.24) is 14.9 Å². The number of nitrogens with one attached hydrogen (secondary N) is 1. The average Bonchev–Trinajstić information content (AvgIpc) is 3.27. The first-order valence-electron chi connectivity index (χ1n) is 11.7. The van der Waals surface area contributed by atoms with E-state index in [1.54, 1.807) is 0 Å². The number of imidazole rings is 1. The molecule has 1 amide bonds. The lowest BCUT2D eigenvalue weighted by molar-refractivity contribution is -0.149. The van der Waals surface area contributed by atoms with Crippen LogP contribution >= 0.6 is 0 Å². The monoisotopic (exact) mass is 431 g/mol. The van der Waals surface area contributed by atoms with E-state index in [1.165, 1.54) is 12.0 Å². The van der Waals surface area contributed by atoms with E-state index in [4.69, 9.17) is 0 Å². The van der Waals surface area contributed by atoms with Gasteiger partial charge in [0, 0.05) is 31.6 Å². The van der Waals surface area contributed by atoms with E-state index in [1.807, 2.05) is 61.9 Å². The summed E-state index contributed by atoms with van der Waals surface area (Å²) < 4.78 is 2.05. The molecule has 2 aromatic carbocycles. The van der Waals surface area contributed by atoms with Crippen LogP contribution in [0.15, 0.2) is 67.1 Å². The fourth-order valence-electron chi connectivity index (χ4n) is 4.74. The van der Waals surface area contributed by atoms with Gasteiger partial charge in [-0.05, 0) is 30.9 Å². The Morgan fingerprint density at radius 3 is 2.53 bits per heavy atom. The minimum Gasteiger partial charge on any atom is -0.375 e. The lowest BCUT2D eigenvalue weighted by Gasteiger charge is -2.37. The van der Waals surface area contributed by atoms with Gasteiger partial charge in [-0.2, -0.15) is 0 Å². The van der Waals surface area contributed by atoms with Gasteiger partial charge >= 0.3 is 0 Å². The lowest BCUT2D eigenvalue weighted by atomic mass is 9.72. The molecule has 1 atom stereocenters. The predicted octanol–water partition coefficient (Wildman–Crippen LogP) is 4.37. The van der Waals surface area contributed by atoms with Crippen LogP contribution in [0.5, 0.6) is 0 Å². The number of nitrogens with zero attached hydrogens (tertiary/aromatic N) is 2. The molecule has 1 fully saturated rings. The third kappa shape index (κ3) is 5.10. The molecule has 0 spiro atoms. The van der Waals surface area contributed by atoms with Crippen molar-refractivity contribution in [3.8, 4) is 0 Å². The summed E-state index contributed by atoms with van der Waals surface area (Å²) in [5, 5.41) is 14.7. The van der Waals surface area contributed by atoms with Gasteiger partial charge in [0.05, 0.1) is 12.0 Å². The number of hydrogen-bond donors (Lipinski definition) is 2. The fourth-order valence-corrected chi connectivity index (χ4v) is 4.74. The second kappa shape index (κ2) is 10.1. The van der Waals surface area contributed by atoms with Crippen molar-refractivity contribution in [2.45, 2.75) is 57.6 Å². The molecule has 32 heavy (non-hydrogen) atoms. The van der Waals surface area contributed by atoms with E-state index < -0.39 is 5.60 Å². The van der Waals surface area contributed by atoms with Crippen LogP contribution in [0.3, 0.4) is 0 Å². The largest absolute Gasteiger partial charge is 0.375 e. The van der Waals surface area contributed by atoms with Gasteiger partial charge < -0.3 is 15.0 Å². The van der Waals surface area contributed by atoms with Crippen molar-refractivity contribution in [3.63, 3.8) is 0 Å². The first kappa shape index (κ1) is 22.3. The van der Waals surface area contributed by atoms with Gasteiger partial charge in [0.1, 0.15) is 0 Å². The molecule has 1 aliphatic carbocycles. The molecule has 168 valence electrons. The minimum absolute atomic E-state index is 0.0518. The number of aromatic nitrogens is 2. The van der Waals surface area contributed by atoms with Crippen molar-refractivity contribution >= 4 is 5.91 Å². The number of amides is 1. The molecule has 1 heterocycles. The van der Waals surface area contributed by atoms with Crippen LogP contribution in [0.2, 0.25) is 0 Å². The van der Waals surface area contributed by atoms with Crippen LogP contribution in [-0.2, 0) is 23.4 Å². The molecule has 5 heteroatoms. The van der Waals surface area contributed by atoms with E-state index in [9.17, 15) is 9.90 Å². The van der Waals surface area contributed by atoms with Crippen molar-refractivity contribution in [3.05, 3.63) is 89.5 Å². The second-order valence-corrected chi connectivity index (χ2v) is 9.00. The van der Waals surface area contributed by atoms with Crippen molar-refractivity contribution < 1.29 is 9.90 Å². The van der Waals surface area contributed by atoms with Crippen molar-refractivity contribution in [1.29, 1.82) is 0 Å². The van der Waals surface area contributed by atoms with E-state index in [0.717, 1.165) is 43.5 Å². The Bertz CT molecular complexity index is 1010. The summed E-state index contributed by atoms with van der Waals surface area (Å²) in [6, 6.07) is 18.0. The van der Waals surface area contributed by atoms with Gasteiger partial charge in [0.25, 0.3) is 5.91 Å². The summed E-state index contributed by atoms with van der Waals surface area (Å²) in [7, 11) is 0. The van der Waals surface area contributed by atoms with E-state index in [2.05, 4.69) is 27.0 Å². The highest BCUT2D eigenvalue weighted by atomic mass is 16.3. The molecule has 4 rings (SSSR count). The van der Waals surface area contributed by atoms with Crippen molar-refractivity contribution in [2.75, 3.05) is 6.54 Å².